The Balaban J connectivity index is 2.76. The van der Waals surface area contributed by atoms with E-state index in [1.54, 1.807) is 6.07 Å². The monoisotopic (exact) mass is 242 g/mol. The first-order valence-electron chi connectivity index (χ1n) is 5.14. The van der Waals surface area contributed by atoms with Crippen molar-refractivity contribution in [2.24, 2.45) is 5.92 Å². The largest absolute Gasteiger partial charge is 0.312 e. The summed E-state index contributed by atoms with van der Waals surface area (Å²) in [7, 11) is 0. The fourth-order valence-electron chi connectivity index (χ4n) is 1.37. The Kier molecular flexibility index (Phi) is 4.71. The summed E-state index contributed by atoms with van der Waals surface area (Å²) in [5, 5.41) is 14.4. The predicted molar refractivity (Wildman–Crippen MR) is 64.7 cm³/mol. The predicted octanol–water partition coefficient (Wildman–Crippen LogP) is 2.99. The fraction of sp³-hybridized carbons (Fsp3) is 0.455. The van der Waals surface area contributed by atoms with Gasteiger partial charge in [-0.2, -0.15) is 0 Å². The molecule has 0 fully saturated rings. The second-order valence-electron chi connectivity index (χ2n) is 4.05. The number of hydrogen-bond acceptors (Lipinski definition) is 3. The third-order valence-electron chi connectivity index (χ3n) is 2.11. The van der Waals surface area contributed by atoms with Crippen LogP contribution in [0, 0.1) is 16.0 Å². The Morgan fingerprint density at radius 1 is 1.50 bits per heavy atom. The fourth-order valence-corrected chi connectivity index (χ4v) is 1.56. The third-order valence-corrected chi connectivity index (χ3v) is 2.34. The molecule has 0 bridgehead atoms. The molecule has 0 radical (unpaired) electrons. The van der Waals surface area contributed by atoms with Crippen LogP contribution in [-0.4, -0.2) is 11.5 Å². The number of rotatable bonds is 5. The van der Waals surface area contributed by atoms with Gasteiger partial charge < -0.3 is 5.32 Å². The van der Waals surface area contributed by atoms with Gasteiger partial charge in [0.1, 0.15) is 0 Å². The van der Waals surface area contributed by atoms with Crippen molar-refractivity contribution in [2.75, 3.05) is 6.54 Å². The van der Waals surface area contributed by atoms with E-state index in [9.17, 15) is 10.1 Å². The molecule has 1 rings (SSSR count). The summed E-state index contributed by atoms with van der Waals surface area (Å²) < 4.78 is 0. The van der Waals surface area contributed by atoms with Crippen LogP contribution in [-0.2, 0) is 6.54 Å². The average Bonchev–Trinajstić information content (AvgIpc) is 2.16. The molecule has 88 valence electrons. The highest BCUT2D eigenvalue weighted by molar-refractivity contribution is 6.30. The topological polar surface area (TPSA) is 55.2 Å². The van der Waals surface area contributed by atoms with E-state index in [-0.39, 0.29) is 10.6 Å². The van der Waals surface area contributed by atoms with Crippen molar-refractivity contribution in [3.63, 3.8) is 0 Å². The van der Waals surface area contributed by atoms with Gasteiger partial charge in [-0.1, -0.05) is 25.4 Å². The van der Waals surface area contributed by atoms with E-state index in [1.807, 2.05) is 0 Å². The maximum atomic E-state index is 10.8. The lowest BCUT2D eigenvalue weighted by molar-refractivity contribution is -0.385. The van der Waals surface area contributed by atoms with Gasteiger partial charge in [0.05, 0.1) is 4.92 Å². The van der Waals surface area contributed by atoms with Crippen LogP contribution in [0.5, 0.6) is 0 Å². The average molecular weight is 243 g/mol. The van der Waals surface area contributed by atoms with E-state index in [2.05, 4.69) is 19.2 Å². The van der Waals surface area contributed by atoms with E-state index >= 15 is 0 Å². The highest BCUT2D eigenvalue weighted by atomic mass is 35.5. The van der Waals surface area contributed by atoms with E-state index in [0.29, 0.717) is 23.0 Å². The van der Waals surface area contributed by atoms with Gasteiger partial charge in [-0.15, -0.1) is 0 Å². The second kappa shape index (κ2) is 5.82. The molecule has 0 unspecified atom stereocenters. The Morgan fingerprint density at radius 3 is 2.75 bits per heavy atom. The number of hydrogen-bond donors (Lipinski definition) is 1. The molecule has 16 heavy (non-hydrogen) atoms. The zero-order chi connectivity index (χ0) is 12.1. The van der Waals surface area contributed by atoms with Crippen molar-refractivity contribution in [2.45, 2.75) is 20.4 Å². The Morgan fingerprint density at radius 2 is 2.19 bits per heavy atom. The molecule has 0 aliphatic rings. The Bertz CT molecular complexity index is 380. The van der Waals surface area contributed by atoms with Gasteiger partial charge in [0.25, 0.3) is 5.69 Å². The summed E-state index contributed by atoms with van der Waals surface area (Å²) in [5.74, 6) is 0.512. The van der Waals surface area contributed by atoms with Gasteiger partial charge in [-0.05, 0) is 24.6 Å². The van der Waals surface area contributed by atoms with Crippen LogP contribution in [0.4, 0.5) is 5.69 Å². The number of nitrogens with zero attached hydrogens (tertiary/aromatic N) is 1. The summed E-state index contributed by atoms with van der Waals surface area (Å²) in [5.41, 5.74) is 0.735. The molecule has 0 spiro atoms. The summed E-state index contributed by atoms with van der Waals surface area (Å²) in [4.78, 5) is 10.4. The molecule has 0 heterocycles. The van der Waals surface area contributed by atoms with Crippen LogP contribution < -0.4 is 5.32 Å². The number of benzene rings is 1. The summed E-state index contributed by atoms with van der Waals surface area (Å²) in [6, 6.07) is 4.60. The van der Waals surface area contributed by atoms with Crippen molar-refractivity contribution in [3.8, 4) is 0 Å². The van der Waals surface area contributed by atoms with Gasteiger partial charge >= 0.3 is 0 Å². The van der Waals surface area contributed by atoms with Gasteiger partial charge in [-0.3, -0.25) is 10.1 Å². The molecular weight excluding hydrogens is 228 g/mol. The van der Waals surface area contributed by atoms with Crippen molar-refractivity contribution < 1.29 is 4.92 Å². The van der Waals surface area contributed by atoms with Crippen molar-refractivity contribution in [1.82, 2.24) is 5.32 Å². The SMILES string of the molecule is CC(C)CNCc1cc(Cl)ccc1[N+](=O)[O-]. The van der Waals surface area contributed by atoms with E-state index < -0.39 is 0 Å². The van der Waals surface area contributed by atoms with Crippen molar-refractivity contribution >= 4 is 17.3 Å². The minimum Gasteiger partial charge on any atom is -0.312 e. The minimum absolute atomic E-state index is 0.112. The van der Waals surface area contributed by atoms with Crippen molar-refractivity contribution in [1.29, 1.82) is 0 Å². The first kappa shape index (κ1) is 12.9. The van der Waals surface area contributed by atoms with Crippen LogP contribution in [0.2, 0.25) is 5.02 Å². The molecule has 1 aromatic rings. The summed E-state index contributed by atoms with van der Waals surface area (Å²) in [6.07, 6.45) is 0. The first-order valence-corrected chi connectivity index (χ1v) is 5.52. The van der Waals surface area contributed by atoms with Crippen LogP contribution in [0.25, 0.3) is 0 Å². The number of nitro groups is 1. The zero-order valence-corrected chi connectivity index (χ0v) is 10.1. The first-order chi connectivity index (χ1) is 7.50. The number of halogens is 1. The lowest BCUT2D eigenvalue weighted by atomic mass is 10.1. The lowest BCUT2D eigenvalue weighted by Gasteiger charge is -2.08. The standard InChI is InChI=1S/C11H15ClN2O2/c1-8(2)6-13-7-9-5-10(12)3-4-11(9)14(15)16/h3-5,8,13H,6-7H2,1-2H3. The van der Waals surface area contributed by atoms with Crippen LogP contribution in [0.1, 0.15) is 19.4 Å². The normalized spacial score (nSPS) is 10.8. The van der Waals surface area contributed by atoms with Gasteiger partial charge in [-0.25, -0.2) is 0 Å². The van der Waals surface area contributed by atoms with E-state index in [4.69, 9.17) is 11.6 Å². The van der Waals surface area contributed by atoms with E-state index in [1.165, 1.54) is 12.1 Å². The molecule has 4 nitrogen and oxygen atoms in total. The van der Waals surface area contributed by atoms with Crippen LogP contribution in [0.3, 0.4) is 0 Å². The third kappa shape index (κ3) is 3.79. The molecule has 0 aromatic heterocycles. The molecule has 5 heteroatoms. The molecule has 0 saturated carbocycles. The molecule has 0 amide bonds. The number of nitro benzene ring substituents is 1. The van der Waals surface area contributed by atoms with Gasteiger partial charge in [0, 0.05) is 23.2 Å². The molecule has 1 aromatic carbocycles. The molecule has 0 atom stereocenters. The quantitative estimate of drug-likeness (QED) is 0.638. The van der Waals surface area contributed by atoms with Crippen LogP contribution >= 0.6 is 11.6 Å². The lowest BCUT2D eigenvalue weighted by Crippen LogP contribution is -2.19. The molecule has 0 aliphatic heterocycles. The Labute approximate surface area is 99.8 Å². The van der Waals surface area contributed by atoms with Gasteiger partial charge in [0.2, 0.25) is 0 Å². The molecule has 0 saturated heterocycles. The zero-order valence-electron chi connectivity index (χ0n) is 9.37. The highest BCUT2D eigenvalue weighted by Gasteiger charge is 2.13. The van der Waals surface area contributed by atoms with Crippen molar-refractivity contribution in [3.05, 3.63) is 38.9 Å². The van der Waals surface area contributed by atoms with Crippen LogP contribution in [0.15, 0.2) is 18.2 Å². The summed E-state index contributed by atoms with van der Waals surface area (Å²) in [6.45, 7) is 5.46. The molecular formula is C11H15ClN2O2. The smallest absolute Gasteiger partial charge is 0.273 e. The van der Waals surface area contributed by atoms with Gasteiger partial charge in [0.15, 0.2) is 0 Å². The minimum atomic E-state index is -0.386. The molecule has 0 aliphatic carbocycles. The summed E-state index contributed by atoms with van der Waals surface area (Å²) >= 11 is 5.81. The molecule has 1 N–H and O–H groups in total. The highest BCUT2D eigenvalue weighted by Crippen LogP contribution is 2.22. The second-order valence-corrected chi connectivity index (χ2v) is 4.49. The van der Waals surface area contributed by atoms with E-state index in [0.717, 1.165) is 6.54 Å². The number of nitrogens with one attached hydrogen (secondary N) is 1. The Hall–Kier alpha value is -1.13. The maximum Gasteiger partial charge on any atom is 0.273 e. The maximum absolute atomic E-state index is 10.8.